The van der Waals surface area contributed by atoms with Gasteiger partial charge in [0.1, 0.15) is 5.69 Å². The van der Waals surface area contributed by atoms with Crippen LogP contribution in [0, 0.1) is 52.3 Å². The Balaban J connectivity index is 1.25. The monoisotopic (exact) mass is 428 g/mol. The van der Waals surface area contributed by atoms with E-state index in [4.69, 9.17) is 0 Å². The van der Waals surface area contributed by atoms with Gasteiger partial charge in [-0.05, 0) is 61.7 Å². The molecule has 30 heavy (non-hydrogen) atoms. The number of hydrogen-bond acceptors (Lipinski definition) is 2. The maximum absolute atomic E-state index is 14.1. The van der Waals surface area contributed by atoms with Crippen LogP contribution in [0.25, 0.3) is 0 Å². The first-order chi connectivity index (χ1) is 14.3. The number of anilines is 1. The van der Waals surface area contributed by atoms with Gasteiger partial charge in [-0.1, -0.05) is 0 Å². The second-order valence-corrected chi connectivity index (χ2v) is 9.88. The van der Waals surface area contributed by atoms with Gasteiger partial charge in [-0.2, -0.15) is 0 Å². The molecule has 1 aliphatic heterocycles. The highest BCUT2D eigenvalue weighted by atomic mass is 19.2. The van der Waals surface area contributed by atoms with E-state index in [9.17, 15) is 26.7 Å². The predicted octanol–water partition coefficient (Wildman–Crippen LogP) is 4.64. The Bertz CT molecular complexity index is 816. The Morgan fingerprint density at radius 1 is 0.733 bits per heavy atom. The largest absolute Gasteiger partial charge is 0.363 e. The molecule has 0 spiro atoms. The van der Waals surface area contributed by atoms with E-state index >= 15 is 0 Å². The number of halogens is 5. The molecule has 8 heteroatoms. The third-order valence-corrected chi connectivity index (χ3v) is 7.83. The fourth-order valence-electron chi connectivity index (χ4n) is 6.99. The highest BCUT2D eigenvalue weighted by Gasteiger charge is 2.51. The number of hydrogen-bond donors (Lipinski definition) is 0. The lowest BCUT2D eigenvalue weighted by Crippen LogP contribution is -2.52. The third-order valence-electron chi connectivity index (χ3n) is 7.83. The van der Waals surface area contributed by atoms with Gasteiger partial charge in [0.15, 0.2) is 23.3 Å². The molecule has 1 aromatic rings. The average molecular weight is 428 g/mol. The Hall–Kier alpha value is -1.86. The summed E-state index contributed by atoms with van der Waals surface area (Å²) in [5.74, 6) is -7.39. The topological polar surface area (TPSA) is 23.6 Å². The van der Waals surface area contributed by atoms with Crippen molar-refractivity contribution in [2.75, 3.05) is 31.1 Å². The van der Waals surface area contributed by atoms with E-state index in [1.54, 1.807) is 4.90 Å². The van der Waals surface area contributed by atoms with Crippen molar-refractivity contribution in [1.29, 1.82) is 0 Å². The average Bonchev–Trinajstić information content (AvgIpc) is 2.70. The smallest absolute Gasteiger partial charge is 0.223 e. The molecule has 0 aromatic heterocycles. The van der Waals surface area contributed by atoms with E-state index in [0.29, 0.717) is 6.42 Å². The zero-order chi connectivity index (χ0) is 21.2. The molecule has 5 fully saturated rings. The fraction of sp³-hybridized carbons (Fsp3) is 0.682. The molecular weight excluding hydrogens is 403 g/mol. The summed E-state index contributed by atoms with van der Waals surface area (Å²) in [7, 11) is 0. The van der Waals surface area contributed by atoms with Crippen molar-refractivity contribution >= 4 is 11.6 Å². The van der Waals surface area contributed by atoms with Crippen LogP contribution in [0.5, 0.6) is 0 Å². The first kappa shape index (κ1) is 20.1. The van der Waals surface area contributed by atoms with Crippen molar-refractivity contribution < 1.29 is 26.7 Å². The van der Waals surface area contributed by atoms with Gasteiger partial charge in [0, 0.05) is 32.6 Å². The summed E-state index contributed by atoms with van der Waals surface area (Å²) in [5, 5.41) is 0. The van der Waals surface area contributed by atoms with Gasteiger partial charge in [0.2, 0.25) is 11.7 Å². The second kappa shape index (κ2) is 7.09. The van der Waals surface area contributed by atoms with Crippen LogP contribution in [0.1, 0.15) is 44.9 Å². The number of piperazine rings is 1. The summed E-state index contributed by atoms with van der Waals surface area (Å²) in [4.78, 5) is 15.8. The van der Waals surface area contributed by atoms with Gasteiger partial charge >= 0.3 is 0 Å². The van der Waals surface area contributed by atoms with Crippen LogP contribution in [0.4, 0.5) is 27.6 Å². The number of amides is 1. The molecule has 0 N–H and O–H groups in total. The number of nitrogens with zero attached hydrogens (tertiary/aromatic N) is 2. The van der Waals surface area contributed by atoms with Crippen LogP contribution in [0.2, 0.25) is 0 Å². The minimum atomic E-state index is -2.15. The summed E-state index contributed by atoms with van der Waals surface area (Å²) in [6.07, 6.45) is 7.77. The van der Waals surface area contributed by atoms with E-state index in [2.05, 4.69) is 0 Å². The van der Waals surface area contributed by atoms with Crippen LogP contribution < -0.4 is 4.90 Å². The summed E-state index contributed by atoms with van der Waals surface area (Å²) in [5.41, 5.74) is -0.802. The SMILES string of the molecule is O=C(CC12CC3CC(CC(C3)C1)C2)N1CCN(c2c(F)c(F)c(F)c(F)c2F)CC1. The third kappa shape index (κ3) is 3.17. The molecule has 0 unspecified atom stereocenters. The molecule has 4 bridgehead atoms. The Kier molecular flexibility index (Phi) is 4.74. The van der Waals surface area contributed by atoms with Crippen molar-refractivity contribution in [2.24, 2.45) is 23.2 Å². The van der Waals surface area contributed by atoms with Gasteiger partial charge < -0.3 is 9.80 Å². The van der Waals surface area contributed by atoms with E-state index in [1.165, 1.54) is 19.3 Å². The van der Waals surface area contributed by atoms with Gasteiger partial charge in [0.25, 0.3) is 0 Å². The first-order valence-corrected chi connectivity index (χ1v) is 10.8. The van der Waals surface area contributed by atoms with Crippen molar-refractivity contribution in [3.05, 3.63) is 29.1 Å². The standard InChI is InChI=1S/C22H25F5N2O/c23-16-17(24)19(26)21(20(27)18(16)25)29-3-1-28(2-4-29)15(30)11-22-8-12-5-13(9-22)7-14(6-12)10-22/h12-14H,1-11H2. The van der Waals surface area contributed by atoms with Gasteiger partial charge in [-0.25, -0.2) is 22.0 Å². The maximum atomic E-state index is 14.1. The molecule has 1 amide bonds. The van der Waals surface area contributed by atoms with Crippen molar-refractivity contribution in [3.8, 4) is 0 Å². The molecule has 1 saturated heterocycles. The highest BCUT2D eigenvalue weighted by molar-refractivity contribution is 5.77. The highest BCUT2D eigenvalue weighted by Crippen LogP contribution is 2.61. The quantitative estimate of drug-likeness (QED) is 0.398. The predicted molar refractivity (Wildman–Crippen MR) is 100 cm³/mol. The number of rotatable bonds is 3. The summed E-state index contributed by atoms with van der Waals surface area (Å²) in [6, 6.07) is 0. The molecule has 164 valence electrons. The van der Waals surface area contributed by atoms with Crippen LogP contribution in [-0.4, -0.2) is 37.0 Å². The lowest BCUT2D eigenvalue weighted by Gasteiger charge is -2.57. The molecule has 0 radical (unpaired) electrons. The van der Waals surface area contributed by atoms with Crippen molar-refractivity contribution in [1.82, 2.24) is 4.90 Å². The van der Waals surface area contributed by atoms with Crippen molar-refractivity contribution in [3.63, 3.8) is 0 Å². The number of carbonyl (C=O) groups is 1. The summed E-state index contributed by atoms with van der Waals surface area (Å²) in [6.45, 7) is 0.491. The fourth-order valence-corrected chi connectivity index (χ4v) is 6.99. The molecule has 5 aliphatic rings. The second-order valence-electron chi connectivity index (χ2n) is 9.88. The van der Waals surface area contributed by atoms with Gasteiger partial charge in [-0.3, -0.25) is 4.79 Å². The molecule has 3 nitrogen and oxygen atoms in total. The number of benzene rings is 1. The van der Waals surface area contributed by atoms with E-state index < -0.39 is 34.8 Å². The summed E-state index contributed by atoms with van der Waals surface area (Å²) >= 11 is 0. The lowest BCUT2D eigenvalue weighted by atomic mass is 9.49. The lowest BCUT2D eigenvalue weighted by molar-refractivity contribution is -0.139. The minimum absolute atomic E-state index is 0.0327. The zero-order valence-corrected chi connectivity index (χ0v) is 16.7. The van der Waals surface area contributed by atoms with Crippen LogP contribution in [-0.2, 0) is 4.79 Å². The molecule has 1 aromatic carbocycles. The Morgan fingerprint density at radius 3 is 1.63 bits per heavy atom. The van der Waals surface area contributed by atoms with Gasteiger partial charge in [0.05, 0.1) is 0 Å². The van der Waals surface area contributed by atoms with E-state index in [0.717, 1.165) is 41.9 Å². The number of carbonyl (C=O) groups excluding carboxylic acids is 1. The first-order valence-electron chi connectivity index (χ1n) is 10.8. The zero-order valence-electron chi connectivity index (χ0n) is 16.7. The maximum Gasteiger partial charge on any atom is 0.223 e. The minimum Gasteiger partial charge on any atom is -0.363 e. The van der Waals surface area contributed by atoms with Crippen molar-refractivity contribution in [2.45, 2.75) is 44.9 Å². The molecular formula is C22H25F5N2O. The van der Waals surface area contributed by atoms with E-state index in [1.807, 2.05) is 0 Å². The molecule has 0 atom stereocenters. The Morgan fingerprint density at radius 2 is 1.17 bits per heavy atom. The van der Waals surface area contributed by atoms with Crippen LogP contribution in [0.3, 0.4) is 0 Å². The molecule has 1 heterocycles. The Labute approximate surface area is 172 Å². The molecule has 4 saturated carbocycles. The van der Waals surface area contributed by atoms with Gasteiger partial charge in [-0.15, -0.1) is 0 Å². The summed E-state index contributed by atoms with van der Waals surface area (Å²) < 4.78 is 68.5. The van der Waals surface area contributed by atoms with Crippen LogP contribution >= 0.6 is 0 Å². The van der Waals surface area contributed by atoms with Crippen LogP contribution in [0.15, 0.2) is 0 Å². The molecule has 4 aliphatic carbocycles. The van der Waals surface area contributed by atoms with E-state index in [-0.39, 0.29) is 37.5 Å². The normalized spacial score (nSPS) is 32.8. The molecule has 6 rings (SSSR count).